The van der Waals surface area contributed by atoms with Gasteiger partial charge in [-0.1, -0.05) is 47.1 Å². The zero-order chi connectivity index (χ0) is 21.5. The molecule has 2 aromatic carbocycles. The molecule has 0 aliphatic carbocycles. The monoisotopic (exact) mass is 482 g/mol. The van der Waals surface area contributed by atoms with Gasteiger partial charge in [-0.3, -0.25) is 4.79 Å². The molecule has 158 valence electrons. The maximum Gasteiger partial charge on any atom is 0.234 e. The second-order valence-electron chi connectivity index (χ2n) is 6.26. The predicted molar refractivity (Wildman–Crippen MR) is 125 cm³/mol. The van der Waals surface area contributed by atoms with Gasteiger partial charge in [-0.05, 0) is 29.8 Å². The highest BCUT2D eigenvalue weighted by Crippen LogP contribution is 2.26. The molecule has 0 radical (unpaired) electrons. The van der Waals surface area contributed by atoms with Gasteiger partial charge in [0.25, 0.3) is 0 Å². The minimum absolute atomic E-state index is 0.121. The highest BCUT2D eigenvalue weighted by Gasteiger charge is 2.12. The van der Waals surface area contributed by atoms with Gasteiger partial charge < -0.3 is 14.6 Å². The number of anilines is 1. The van der Waals surface area contributed by atoms with Crippen LogP contribution >= 0.6 is 46.7 Å². The van der Waals surface area contributed by atoms with E-state index in [9.17, 15) is 4.79 Å². The van der Waals surface area contributed by atoms with E-state index in [-0.39, 0.29) is 11.7 Å². The van der Waals surface area contributed by atoms with Crippen molar-refractivity contribution in [1.29, 1.82) is 0 Å². The number of thioether (sulfide) groups is 2. The lowest BCUT2D eigenvalue weighted by Gasteiger charge is -2.07. The minimum atomic E-state index is -0.121. The van der Waals surface area contributed by atoms with Gasteiger partial charge in [0.05, 0.1) is 18.6 Å². The standard InChI is InChI=1S/C20H20Cl2N4O2S2/c1-26-18(11-29-10-13-6-7-14(21)8-17(13)22)24-25-20(26)30-12-19(27)23-15-4-3-5-16(9-15)28-2/h3-9H,10-12H2,1-2H3,(H,23,27). The summed E-state index contributed by atoms with van der Waals surface area (Å²) in [5.41, 5.74) is 1.72. The number of amides is 1. The van der Waals surface area contributed by atoms with E-state index in [0.29, 0.717) is 32.4 Å². The number of carbonyl (C=O) groups is 1. The van der Waals surface area contributed by atoms with Gasteiger partial charge in [-0.2, -0.15) is 0 Å². The van der Waals surface area contributed by atoms with Crippen LogP contribution in [0.5, 0.6) is 5.75 Å². The van der Waals surface area contributed by atoms with Crippen molar-refractivity contribution in [3.05, 3.63) is 63.9 Å². The molecule has 0 unspecified atom stereocenters. The van der Waals surface area contributed by atoms with Crippen molar-refractivity contribution in [3.63, 3.8) is 0 Å². The largest absolute Gasteiger partial charge is 0.497 e. The summed E-state index contributed by atoms with van der Waals surface area (Å²) in [5, 5.41) is 13.3. The third-order valence-electron chi connectivity index (χ3n) is 4.11. The SMILES string of the molecule is COc1cccc(NC(=O)CSc2nnc(CSCc3ccc(Cl)cc3Cl)n2C)c1. The van der Waals surface area contributed by atoms with Crippen LogP contribution in [0, 0.1) is 0 Å². The van der Waals surface area contributed by atoms with Crippen LogP contribution in [-0.4, -0.2) is 33.5 Å². The number of hydrogen-bond acceptors (Lipinski definition) is 6. The van der Waals surface area contributed by atoms with E-state index in [2.05, 4.69) is 15.5 Å². The fraction of sp³-hybridized carbons (Fsp3) is 0.250. The molecule has 0 saturated carbocycles. The van der Waals surface area contributed by atoms with E-state index in [0.717, 1.165) is 17.1 Å². The van der Waals surface area contributed by atoms with Gasteiger partial charge >= 0.3 is 0 Å². The molecule has 6 nitrogen and oxygen atoms in total. The number of ether oxygens (including phenoxy) is 1. The summed E-state index contributed by atoms with van der Waals surface area (Å²) in [4.78, 5) is 12.2. The van der Waals surface area contributed by atoms with Gasteiger partial charge in [0.2, 0.25) is 5.91 Å². The molecule has 1 amide bonds. The fourth-order valence-electron chi connectivity index (χ4n) is 2.52. The first kappa shape index (κ1) is 22.8. The van der Waals surface area contributed by atoms with E-state index in [1.54, 1.807) is 31.0 Å². The molecule has 1 heterocycles. The molecule has 1 N–H and O–H groups in total. The lowest BCUT2D eigenvalue weighted by molar-refractivity contribution is -0.113. The molecule has 30 heavy (non-hydrogen) atoms. The summed E-state index contributed by atoms with van der Waals surface area (Å²) < 4.78 is 7.07. The Kier molecular flexibility index (Phi) is 8.32. The second-order valence-corrected chi connectivity index (χ2v) is 9.03. The maximum absolute atomic E-state index is 12.2. The molecular weight excluding hydrogens is 463 g/mol. The molecule has 0 bridgehead atoms. The highest BCUT2D eigenvalue weighted by molar-refractivity contribution is 7.99. The third kappa shape index (κ3) is 6.31. The molecular formula is C20H20Cl2N4O2S2. The fourth-order valence-corrected chi connectivity index (χ4v) is 4.81. The lowest BCUT2D eigenvalue weighted by Crippen LogP contribution is -2.14. The van der Waals surface area contributed by atoms with Gasteiger partial charge in [0.1, 0.15) is 11.6 Å². The Hall–Kier alpha value is -1.87. The van der Waals surface area contributed by atoms with E-state index in [4.69, 9.17) is 27.9 Å². The second kappa shape index (κ2) is 10.9. The molecule has 0 aliphatic heterocycles. The lowest BCUT2D eigenvalue weighted by atomic mass is 10.2. The summed E-state index contributed by atoms with van der Waals surface area (Å²) >= 11 is 15.2. The summed E-state index contributed by atoms with van der Waals surface area (Å²) in [7, 11) is 3.48. The van der Waals surface area contributed by atoms with Crippen LogP contribution in [0.25, 0.3) is 0 Å². The Morgan fingerprint density at radius 1 is 1.17 bits per heavy atom. The predicted octanol–water partition coefficient (Wildman–Crippen LogP) is 5.29. The first-order valence-electron chi connectivity index (χ1n) is 8.93. The topological polar surface area (TPSA) is 69.0 Å². The normalized spacial score (nSPS) is 10.8. The van der Waals surface area contributed by atoms with E-state index < -0.39 is 0 Å². The number of nitrogens with zero attached hydrogens (tertiary/aromatic N) is 3. The number of carbonyl (C=O) groups excluding carboxylic acids is 1. The van der Waals surface area contributed by atoms with Gasteiger partial charge in [0.15, 0.2) is 5.16 Å². The molecule has 0 atom stereocenters. The highest BCUT2D eigenvalue weighted by atomic mass is 35.5. The summed E-state index contributed by atoms with van der Waals surface area (Å²) in [5.74, 6) is 3.06. The summed E-state index contributed by atoms with van der Waals surface area (Å²) in [6.07, 6.45) is 0. The zero-order valence-corrected chi connectivity index (χ0v) is 19.5. The quantitative estimate of drug-likeness (QED) is 0.417. The van der Waals surface area contributed by atoms with Crippen LogP contribution in [-0.2, 0) is 23.3 Å². The van der Waals surface area contributed by atoms with Crippen molar-refractivity contribution in [1.82, 2.24) is 14.8 Å². The van der Waals surface area contributed by atoms with Gasteiger partial charge in [-0.25, -0.2) is 0 Å². The van der Waals surface area contributed by atoms with Crippen LogP contribution in [0.4, 0.5) is 5.69 Å². The molecule has 3 aromatic rings. The molecule has 0 saturated heterocycles. The van der Waals surface area contributed by atoms with Crippen molar-refractivity contribution in [3.8, 4) is 5.75 Å². The molecule has 10 heteroatoms. The van der Waals surface area contributed by atoms with Crippen molar-refractivity contribution in [2.75, 3.05) is 18.2 Å². The van der Waals surface area contributed by atoms with Crippen molar-refractivity contribution >= 4 is 58.3 Å². The molecule has 0 fully saturated rings. The number of rotatable bonds is 9. The maximum atomic E-state index is 12.2. The summed E-state index contributed by atoms with van der Waals surface area (Å²) in [6.45, 7) is 0. The molecule has 1 aromatic heterocycles. The van der Waals surface area contributed by atoms with Crippen LogP contribution in [0.3, 0.4) is 0 Å². The van der Waals surface area contributed by atoms with Crippen LogP contribution in [0.15, 0.2) is 47.6 Å². The number of hydrogen-bond donors (Lipinski definition) is 1. The Labute approximate surface area is 193 Å². The third-order valence-corrected chi connectivity index (χ3v) is 6.70. The van der Waals surface area contributed by atoms with Gasteiger partial charge in [0, 0.05) is 34.6 Å². The van der Waals surface area contributed by atoms with Crippen LogP contribution in [0.2, 0.25) is 10.0 Å². The molecule has 3 rings (SSSR count). The van der Waals surface area contributed by atoms with Crippen molar-refractivity contribution in [2.45, 2.75) is 16.7 Å². The Balaban J connectivity index is 1.49. The van der Waals surface area contributed by atoms with Crippen LogP contribution in [0.1, 0.15) is 11.4 Å². The molecule has 0 spiro atoms. The Morgan fingerprint density at radius 3 is 2.77 bits per heavy atom. The Bertz CT molecular complexity index is 1030. The van der Waals surface area contributed by atoms with E-state index >= 15 is 0 Å². The first-order chi connectivity index (χ1) is 14.5. The molecule has 0 aliphatic rings. The zero-order valence-electron chi connectivity index (χ0n) is 16.4. The van der Waals surface area contributed by atoms with E-state index in [1.807, 2.05) is 41.9 Å². The number of nitrogens with one attached hydrogen (secondary N) is 1. The smallest absolute Gasteiger partial charge is 0.234 e. The van der Waals surface area contributed by atoms with Crippen LogP contribution < -0.4 is 10.1 Å². The van der Waals surface area contributed by atoms with Gasteiger partial charge in [-0.15, -0.1) is 22.0 Å². The number of methoxy groups -OCH3 is 1. The van der Waals surface area contributed by atoms with E-state index in [1.165, 1.54) is 11.8 Å². The minimum Gasteiger partial charge on any atom is -0.497 e. The number of benzene rings is 2. The summed E-state index contributed by atoms with van der Waals surface area (Å²) in [6, 6.07) is 12.7. The van der Waals surface area contributed by atoms with Crippen molar-refractivity contribution in [2.24, 2.45) is 7.05 Å². The average molecular weight is 483 g/mol. The number of aromatic nitrogens is 3. The first-order valence-corrected chi connectivity index (χ1v) is 11.8. The average Bonchev–Trinajstić information content (AvgIpc) is 3.08. The van der Waals surface area contributed by atoms with Crippen molar-refractivity contribution < 1.29 is 9.53 Å². The Morgan fingerprint density at radius 2 is 2.00 bits per heavy atom. The number of halogens is 2.